The number of aliphatic carboxylic acids is 1. The lowest BCUT2D eigenvalue weighted by molar-refractivity contribution is -0.256. The number of furan rings is 1. The molecule has 1 N–H and O–H groups in total. The molecule has 0 unspecified atom stereocenters. The van der Waals surface area contributed by atoms with Crippen LogP contribution in [0.25, 0.3) is 0 Å². The van der Waals surface area contributed by atoms with E-state index in [2.05, 4.69) is 6.58 Å². The lowest BCUT2D eigenvalue weighted by Gasteiger charge is -2.59. The second-order valence-electron chi connectivity index (χ2n) is 12.3. The molecule has 2 aliphatic heterocycles. The van der Waals surface area contributed by atoms with E-state index in [9.17, 15) is 24.3 Å². The number of esters is 2. The summed E-state index contributed by atoms with van der Waals surface area (Å²) in [5.41, 5.74) is -2.69. The number of Topliss-reactive ketones (excluding diaryl/α,β-unsaturated/α-hetero) is 1. The van der Waals surface area contributed by atoms with Gasteiger partial charge in [0.15, 0.2) is 0 Å². The molecule has 2 bridgehead atoms. The molecule has 9 heteroatoms. The van der Waals surface area contributed by atoms with E-state index in [4.69, 9.17) is 18.6 Å². The molecule has 1 radical (unpaired) electrons. The predicted octanol–water partition coefficient (Wildman–Crippen LogP) is 4.22. The molecule has 3 heterocycles. The first-order chi connectivity index (χ1) is 17.7. The van der Waals surface area contributed by atoms with Crippen molar-refractivity contribution >= 4 is 23.7 Å². The molecule has 5 rings (SSSR count). The zero-order valence-corrected chi connectivity index (χ0v) is 22.4. The van der Waals surface area contributed by atoms with E-state index >= 15 is 0 Å². The van der Waals surface area contributed by atoms with Gasteiger partial charge in [-0.05, 0) is 37.3 Å². The van der Waals surface area contributed by atoms with Gasteiger partial charge in [-0.2, -0.15) is 0 Å². The number of carboxylic acid groups (broad SMARTS) is 1. The molecule has 0 amide bonds. The smallest absolute Gasteiger partial charge is 0.309 e. The molecule has 8 atom stereocenters. The van der Waals surface area contributed by atoms with Crippen LogP contribution in [0.4, 0.5) is 0 Å². The molecule has 4 fully saturated rings. The van der Waals surface area contributed by atoms with Crippen molar-refractivity contribution in [3.8, 4) is 0 Å². The van der Waals surface area contributed by atoms with Crippen molar-refractivity contribution in [1.82, 2.24) is 0 Å². The number of rotatable bonds is 5. The van der Waals surface area contributed by atoms with Crippen LogP contribution in [0.1, 0.15) is 72.0 Å². The number of carbonyl (C=O) groups excluding carboxylic acids is 3. The largest absolute Gasteiger partial charge is 0.481 e. The lowest BCUT2D eigenvalue weighted by atomic mass is 9.50. The highest BCUT2D eigenvalue weighted by atomic mass is 16.6. The van der Waals surface area contributed by atoms with Crippen molar-refractivity contribution in [2.24, 2.45) is 28.1 Å². The normalized spacial score (nSPS) is 41.5. The van der Waals surface area contributed by atoms with E-state index in [1.165, 1.54) is 19.5 Å². The van der Waals surface area contributed by atoms with Crippen molar-refractivity contribution in [2.75, 3.05) is 0 Å². The van der Waals surface area contributed by atoms with Crippen molar-refractivity contribution in [3.05, 3.63) is 42.7 Å². The Kier molecular flexibility index (Phi) is 5.98. The Morgan fingerprint density at radius 2 is 1.95 bits per heavy atom. The molecule has 9 nitrogen and oxygen atoms in total. The summed E-state index contributed by atoms with van der Waals surface area (Å²) in [6.07, 6.45) is 2.78. The van der Waals surface area contributed by atoms with Crippen LogP contribution in [0.5, 0.6) is 0 Å². The molecule has 38 heavy (non-hydrogen) atoms. The Morgan fingerprint density at radius 1 is 1.24 bits per heavy atom. The van der Waals surface area contributed by atoms with Gasteiger partial charge in [0.1, 0.15) is 23.6 Å². The maximum absolute atomic E-state index is 14.6. The summed E-state index contributed by atoms with van der Waals surface area (Å²) in [7, 11) is 0. The van der Waals surface area contributed by atoms with Gasteiger partial charge in [-0.15, -0.1) is 0 Å². The van der Waals surface area contributed by atoms with Crippen molar-refractivity contribution in [2.45, 2.75) is 84.2 Å². The highest BCUT2D eigenvalue weighted by Crippen LogP contribution is 2.70. The standard InChI is InChI=1S/C29H35O9/c1-15-18-12-27(5)25(17-9-10-35-14-17)37-23(33)13-29(15,27)38-21-11-20(36-16(2)30)26(3,4)19(7-8-22(31)32)28(21,6)24(18)34/h7,9-10,14,18-21,25H,1,8,11-13H2,2-6H3,(H,31,32)/t18-,19-,20-,21-,25-,27-,28+,29+/m0/s1. The van der Waals surface area contributed by atoms with Crippen LogP contribution in [0.2, 0.25) is 0 Å². The first kappa shape index (κ1) is 26.7. The Labute approximate surface area is 221 Å². The fourth-order valence-corrected chi connectivity index (χ4v) is 8.05. The Hall–Kier alpha value is -2.94. The monoisotopic (exact) mass is 527 g/mol. The first-order valence-electron chi connectivity index (χ1n) is 13.0. The Morgan fingerprint density at radius 3 is 2.55 bits per heavy atom. The third kappa shape index (κ3) is 3.46. The average molecular weight is 528 g/mol. The SMILES string of the molecule is C=C1[C@@H]2C[C@@]3(C)[C@H](c4ccoc4)OC(=O)C[C@@]13O[C@H]1C[C@H](OC(C)=O)C(C)(C)[C@H]([CH]CC(=O)O)[C@@]1(C)C2=O. The van der Waals surface area contributed by atoms with Crippen LogP contribution in [-0.2, 0) is 33.4 Å². The van der Waals surface area contributed by atoms with Gasteiger partial charge in [-0.3, -0.25) is 19.2 Å². The van der Waals surface area contributed by atoms with Crippen LogP contribution < -0.4 is 0 Å². The highest BCUT2D eigenvalue weighted by molar-refractivity contribution is 5.93. The number of ketones is 1. The Bertz CT molecular complexity index is 1200. The van der Waals surface area contributed by atoms with Crippen molar-refractivity contribution < 1.29 is 42.9 Å². The Balaban J connectivity index is 1.66. The quantitative estimate of drug-likeness (QED) is 0.442. The number of carboxylic acids is 1. The molecule has 2 aliphatic carbocycles. The van der Waals surface area contributed by atoms with E-state index in [0.717, 1.165) is 0 Å². The third-order valence-corrected chi connectivity index (χ3v) is 9.96. The van der Waals surface area contributed by atoms with Crippen LogP contribution in [0.15, 0.2) is 35.2 Å². The van der Waals surface area contributed by atoms with Gasteiger partial charge in [-0.1, -0.05) is 27.4 Å². The second-order valence-corrected chi connectivity index (χ2v) is 12.3. The van der Waals surface area contributed by atoms with E-state index in [1.807, 2.05) is 27.7 Å². The van der Waals surface area contributed by atoms with E-state index < -0.39 is 69.9 Å². The van der Waals surface area contributed by atoms with Crippen LogP contribution >= 0.6 is 0 Å². The van der Waals surface area contributed by atoms with Crippen molar-refractivity contribution in [1.29, 1.82) is 0 Å². The fourth-order valence-electron chi connectivity index (χ4n) is 8.05. The summed E-state index contributed by atoms with van der Waals surface area (Å²) in [5.74, 6) is -3.27. The summed E-state index contributed by atoms with van der Waals surface area (Å²) in [5, 5.41) is 9.50. The number of hydrogen-bond acceptors (Lipinski definition) is 8. The highest BCUT2D eigenvalue weighted by Gasteiger charge is 2.74. The van der Waals surface area contributed by atoms with Gasteiger partial charge in [0, 0.05) is 42.1 Å². The average Bonchev–Trinajstić information content (AvgIpc) is 3.40. The summed E-state index contributed by atoms with van der Waals surface area (Å²) < 4.78 is 23.9. The third-order valence-electron chi connectivity index (χ3n) is 9.96. The van der Waals surface area contributed by atoms with Gasteiger partial charge in [0.25, 0.3) is 0 Å². The molecule has 4 aliphatic rings. The summed E-state index contributed by atoms with van der Waals surface area (Å²) >= 11 is 0. The minimum Gasteiger partial charge on any atom is -0.481 e. The molecule has 0 aromatic carbocycles. The van der Waals surface area contributed by atoms with Gasteiger partial charge in [0.05, 0.1) is 30.5 Å². The maximum Gasteiger partial charge on any atom is 0.309 e. The molecule has 1 aromatic rings. The van der Waals surface area contributed by atoms with Gasteiger partial charge >= 0.3 is 17.9 Å². The minimum atomic E-state index is -1.20. The van der Waals surface area contributed by atoms with Crippen molar-refractivity contribution in [3.63, 3.8) is 0 Å². The minimum absolute atomic E-state index is 0.0978. The molecular formula is C29H35O9. The number of hydrogen-bond donors (Lipinski definition) is 1. The number of cyclic esters (lactones) is 1. The molecule has 2 saturated heterocycles. The van der Waals surface area contributed by atoms with Gasteiger partial charge in [-0.25, -0.2) is 0 Å². The maximum atomic E-state index is 14.6. The molecular weight excluding hydrogens is 492 g/mol. The summed E-state index contributed by atoms with van der Waals surface area (Å²) in [4.78, 5) is 51.4. The van der Waals surface area contributed by atoms with Crippen LogP contribution in [0.3, 0.4) is 0 Å². The van der Waals surface area contributed by atoms with Gasteiger partial charge in [0.2, 0.25) is 0 Å². The zero-order valence-electron chi connectivity index (χ0n) is 22.4. The predicted molar refractivity (Wildman–Crippen MR) is 132 cm³/mol. The van der Waals surface area contributed by atoms with Crippen LogP contribution in [0, 0.1) is 34.5 Å². The topological polar surface area (TPSA) is 129 Å². The van der Waals surface area contributed by atoms with E-state index in [-0.39, 0.29) is 25.0 Å². The molecule has 1 spiro atoms. The lowest BCUT2D eigenvalue weighted by Crippen LogP contribution is -2.65. The molecule has 205 valence electrons. The summed E-state index contributed by atoms with van der Waals surface area (Å²) in [6, 6.07) is 1.74. The van der Waals surface area contributed by atoms with E-state index in [1.54, 1.807) is 12.5 Å². The zero-order chi connectivity index (χ0) is 27.8. The number of carbonyl (C=O) groups is 4. The molecule has 2 saturated carbocycles. The van der Waals surface area contributed by atoms with Crippen LogP contribution in [-0.4, -0.2) is 46.6 Å². The van der Waals surface area contributed by atoms with E-state index in [0.29, 0.717) is 17.6 Å². The molecule has 1 aromatic heterocycles. The number of ether oxygens (including phenoxy) is 3. The summed E-state index contributed by atoms with van der Waals surface area (Å²) in [6.45, 7) is 13.2. The van der Waals surface area contributed by atoms with Gasteiger partial charge < -0.3 is 23.7 Å². The fraction of sp³-hybridized carbons (Fsp3) is 0.621. The number of fused-ring (bicyclic) bond motifs is 2. The first-order valence-corrected chi connectivity index (χ1v) is 13.0. The second kappa shape index (κ2) is 8.53.